The molecule has 5 nitrogen and oxygen atoms in total. The molecule has 1 aliphatic carbocycles. The van der Waals surface area contributed by atoms with Gasteiger partial charge in [-0.15, -0.1) is 0 Å². The van der Waals surface area contributed by atoms with Crippen molar-refractivity contribution in [1.82, 2.24) is 10.2 Å². The van der Waals surface area contributed by atoms with Crippen molar-refractivity contribution in [1.29, 1.82) is 0 Å². The van der Waals surface area contributed by atoms with E-state index >= 15 is 0 Å². The second kappa shape index (κ2) is 6.78. The van der Waals surface area contributed by atoms with Crippen LogP contribution in [0.5, 0.6) is 0 Å². The number of amides is 2. The van der Waals surface area contributed by atoms with Gasteiger partial charge < -0.3 is 15.0 Å². The molecule has 1 spiro atoms. The van der Waals surface area contributed by atoms with E-state index < -0.39 is 0 Å². The summed E-state index contributed by atoms with van der Waals surface area (Å²) in [5, 5.41) is 2.87. The standard InChI is InChI=1S/C23H32N2O3/c1-15-13-25(20(26)17-11-23(12-17)14-28-21(27)24-23)10-9-19(15)16-5-7-18(8-6-16)22(2,3)4/h5-8,15,17,19H,9-14H2,1-4H3,(H,24,27)/t15-,17?,19+,23?/m0/s1. The van der Waals surface area contributed by atoms with Gasteiger partial charge in [-0.1, -0.05) is 52.0 Å². The highest BCUT2D eigenvalue weighted by Gasteiger charge is 2.53. The molecule has 1 N–H and O–H groups in total. The summed E-state index contributed by atoms with van der Waals surface area (Å²) in [5.74, 6) is 1.23. The Balaban J connectivity index is 1.34. The average Bonchev–Trinajstić information content (AvgIpc) is 3.01. The monoisotopic (exact) mass is 384 g/mol. The molecule has 2 atom stereocenters. The molecule has 28 heavy (non-hydrogen) atoms. The molecule has 3 fully saturated rings. The van der Waals surface area contributed by atoms with E-state index in [1.807, 2.05) is 4.90 Å². The molecule has 2 saturated heterocycles. The summed E-state index contributed by atoms with van der Waals surface area (Å²) in [7, 11) is 0. The number of carbonyl (C=O) groups is 2. The van der Waals surface area contributed by atoms with Gasteiger partial charge in [-0.25, -0.2) is 4.79 Å². The second-order valence-corrected chi connectivity index (χ2v) is 10.1. The molecule has 152 valence electrons. The molecule has 1 aromatic rings. The van der Waals surface area contributed by atoms with E-state index in [0.717, 1.165) is 19.5 Å². The molecule has 0 bridgehead atoms. The van der Waals surface area contributed by atoms with Crippen molar-refractivity contribution >= 4 is 12.0 Å². The number of benzene rings is 1. The lowest BCUT2D eigenvalue weighted by molar-refractivity contribution is -0.143. The second-order valence-electron chi connectivity index (χ2n) is 10.1. The van der Waals surface area contributed by atoms with Gasteiger partial charge in [0.1, 0.15) is 6.61 Å². The Morgan fingerprint density at radius 1 is 1.21 bits per heavy atom. The number of cyclic esters (lactones) is 1. The third kappa shape index (κ3) is 3.51. The van der Waals surface area contributed by atoms with Crippen LogP contribution in [0, 0.1) is 11.8 Å². The van der Waals surface area contributed by atoms with E-state index in [4.69, 9.17) is 4.74 Å². The molecule has 5 heteroatoms. The fourth-order valence-corrected chi connectivity index (χ4v) is 5.10. The minimum atomic E-state index is -0.349. The van der Waals surface area contributed by atoms with Crippen molar-refractivity contribution in [2.45, 2.75) is 63.8 Å². The summed E-state index contributed by atoms with van der Waals surface area (Å²) in [6, 6.07) is 9.06. The maximum atomic E-state index is 12.9. The van der Waals surface area contributed by atoms with Gasteiger partial charge >= 0.3 is 6.09 Å². The van der Waals surface area contributed by atoms with Crippen LogP contribution in [-0.4, -0.2) is 42.1 Å². The lowest BCUT2D eigenvalue weighted by Crippen LogP contribution is -2.59. The topological polar surface area (TPSA) is 58.6 Å². The largest absolute Gasteiger partial charge is 0.447 e. The molecule has 1 aromatic carbocycles. The van der Waals surface area contributed by atoms with Crippen molar-refractivity contribution in [3.8, 4) is 0 Å². The zero-order valence-corrected chi connectivity index (χ0v) is 17.5. The Morgan fingerprint density at radius 2 is 1.89 bits per heavy atom. The Labute approximate surface area is 167 Å². The van der Waals surface area contributed by atoms with E-state index in [9.17, 15) is 9.59 Å². The normalized spacial score (nSPS) is 32.6. The number of nitrogens with one attached hydrogen (secondary N) is 1. The van der Waals surface area contributed by atoms with Gasteiger partial charge in [-0.2, -0.15) is 0 Å². The number of piperidine rings is 1. The molecule has 2 heterocycles. The van der Waals surface area contributed by atoms with Crippen LogP contribution in [0.2, 0.25) is 0 Å². The third-order valence-electron chi connectivity index (χ3n) is 6.89. The van der Waals surface area contributed by atoms with Gasteiger partial charge in [-0.3, -0.25) is 4.79 Å². The summed E-state index contributed by atoms with van der Waals surface area (Å²) in [4.78, 5) is 26.3. The number of alkyl carbamates (subject to hydrolysis) is 1. The molecule has 4 rings (SSSR count). The Bertz CT molecular complexity index is 759. The zero-order valence-electron chi connectivity index (χ0n) is 17.5. The molecule has 3 aliphatic rings. The van der Waals surface area contributed by atoms with E-state index in [2.05, 4.69) is 57.3 Å². The van der Waals surface area contributed by atoms with Gasteiger partial charge in [0.2, 0.25) is 5.91 Å². The minimum absolute atomic E-state index is 0.0248. The van der Waals surface area contributed by atoms with Crippen LogP contribution in [0.4, 0.5) is 4.79 Å². The SMILES string of the molecule is C[C@H]1CN(C(=O)C2CC3(COC(=O)N3)C2)CC[C@H]1c1ccc(C(C)(C)C)cc1. The van der Waals surface area contributed by atoms with Gasteiger partial charge in [0, 0.05) is 19.0 Å². The maximum Gasteiger partial charge on any atom is 0.407 e. The summed E-state index contributed by atoms with van der Waals surface area (Å²) in [5.41, 5.74) is 2.64. The third-order valence-corrected chi connectivity index (χ3v) is 6.89. The first-order valence-electron chi connectivity index (χ1n) is 10.5. The Kier molecular flexibility index (Phi) is 4.67. The van der Waals surface area contributed by atoms with Crippen LogP contribution >= 0.6 is 0 Å². The summed E-state index contributed by atoms with van der Waals surface area (Å²) >= 11 is 0. The first-order valence-corrected chi connectivity index (χ1v) is 10.5. The van der Waals surface area contributed by atoms with E-state index in [1.54, 1.807) is 0 Å². The fourth-order valence-electron chi connectivity index (χ4n) is 5.10. The number of likely N-dealkylation sites (tertiary alicyclic amines) is 1. The zero-order chi connectivity index (χ0) is 20.1. The molecule has 0 aromatic heterocycles. The molecular formula is C23H32N2O3. The number of carbonyl (C=O) groups excluding carboxylic acids is 2. The van der Waals surface area contributed by atoms with Crippen LogP contribution in [0.25, 0.3) is 0 Å². The van der Waals surface area contributed by atoms with Crippen molar-refractivity contribution in [3.05, 3.63) is 35.4 Å². The van der Waals surface area contributed by atoms with Crippen LogP contribution < -0.4 is 5.32 Å². The highest BCUT2D eigenvalue weighted by molar-refractivity contribution is 5.81. The van der Waals surface area contributed by atoms with Crippen molar-refractivity contribution in [3.63, 3.8) is 0 Å². The fraction of sp³-hybridized carbons (Fsp3) is 0.652. The minimum Gasteiger partial charge on any atom is -0.447 e. The summed E-state index contributed by atoms with van der Waals surface area (Å²) in [6.07, 6.45) is 2.08. The molecule has 2 aliphatic heterocycles. The van der Waals surface area contributed by atoms with E-state index in [0.29, 0.717) is 31.3 Å². The molecular weight excluding hydrogens is 352 g/mol. The Hall–Kier alpha value is -2.04. The van der Waals surface area contributed by atoms with Crippen LogP contribution in [0.3, 0.4) is 0 Å². The molecule has 1 saturated carbocycles. The number of rotatable bonds is 2. The van der Waals surface area contributed by atoms with E-state index in [-0.39, 0.29) is 28.9 Å². The highest BCUT2D eigenvalue weighted by atomic mass is 16.6. The predicted molar refractivity (Wildman–Crippen MR) is 108 cm³/mol. The van der Waals surface area contributed by atoms with Gasteiger partial charge in [0.05, 0.1) is 5.54 Å². The van der Waals surface area contributed by atoms with Gasteiger partial charge in [0.25, 0.3) is 0 Å². The maximum absolute atomic E-state index is 12.9. The quantitative estimate of drug-likeness (QED) is 0.843. The molecule has 0 unspecified atom stereocenters. The van der Waals surface area contributed by atoms with Crippen LogP contribution in [0.1, 0.15) is 64.0 Å². The summed E-state index contributed by atoms with van der Waals surface area (Å²) in [6.45, 7) is 11.0. The van der Waals surface area contributed by atoms with Crippen LogP contribution in [-0.2, 0) is 14.9 Å². The predicted octanol–water partition coefficient (Wildman–Crippen LogP) is 3.82. The van der Waals surface area contributed by atoms with Crippen molar-refractivity contribution in [2.24, 2.45) is 11.8 Å². The van der Waals surface area contributed by atoms with Crippen LogP contribution in [0.15, 0.2) is 24.3 Å². The average molecular weight is 385 g/mol. The lowest BCUT2D eigenvalue weighted by Gasteiger charge is -2.46. The Morgan fingerprint density at radius 3 is 2.43 bits per heavy atom. The lowest BCUT2D eigenvalue weighted by atomic mass is 9.68. The van der Waals surface area contributed by atoms with Crippen molar-refractivity contribution < 1.29 is 14.3 Å². The van der Waals surface area contributed by atoms with Gasteiger partial charge in [0.15, 0.2) is 0 Å². The summed E-state index contributed by atoms with van der Waals surface area (Å²) < 4.78 is 5.02. The molecule has 2 amide bonds. The smallest absolute Gasteiger partial charge is 0.407 e. The van der Waals surface area contributed by atoms with Crippen molar-refractivity contribution in [2.75, 3.05) is 19.7 Å². The first kappa shape index (κ1) is 19.3. The number of hydrogen-bond acceptors (Lipinski definition) is 3. The van der Waals surface area contributed by atoms with Gasteiger partial charge in [-0.05, 0) is 47.6 Å². The first-order chi connectivity index (χ1) is 13.2. The number of hydrogen-bond donors (Lipinski definition) is 1. The van der Waals surface area contributed by atoms with E-state index in [1.165, 1.54) is 11.1 Å². The number of ether oxygens (including phenoxy) is 1. The number of nitrogens with zero attached hydrogens (tertiary/aromatic N) is 1. The molecule has 0 radical (unpaired) electrons. The highest BCUT2D eigenvalue weighted by Crippen LogP contribution is 2.42.